The second kappa shape index (κ2) is 5.38. The van der Waals surface area contributed by atoms with Gasteiger partial charge in [0, 0.05) is 25.7 Å². The van der Waals surface area contributed by atoms with E-state index in [9.17, 15) is 9.90 Å². The smallest absolute Gasteiger partial charge is 0.325 e. The third-order valence-electron chi connectivity index (χ3n) is 5.03. The number of carbonyl (C=O) groups is 1. The molecule has 3 heterocycles. The third-order valence-corrected chi connectivity index (χ3v) is 5.03. The Morgan fingerprint density at radius 1 is 1.32 bits per heavy atom. The zero-order valence-corrected chi connectivity index (χ0v) is 11.4. The average Bonchev–Trinajstić information content (AvgIpc) is 3.05. The van der Waals surface area contributed by atoms with Crippen LogP contribution in [0.5, 0.6) is 0 Å². The van der Waals surface area contributed by atoms with Crippen molar-refractivity contribution in [2.24, 2.45) is 0 Å². The van der Waals surface area contributed by atoms with Crippen LogP contribution >= 0.6 is 0 Å². The molecule has 3 saturated heterocycles. The molecule has 5 heteroatoms. The maximum atomic E-state index is 11.9. The fourth-order valence-electron chi connectivity index (χ4n) is 3.94. The third kappa shape index (κ3) is 2.39. The molecule has 3 aliphatic heterocycles. The molecule has 0 saturated carbocycles. The number of ether oxygens (including phenoxy) is 1. The molecule has 0 aromatic heterocycles. The first-order chi connectivity index (χ1) is 9.22. The lowest BCUT2D eigenvalue weighted by atomic mass is 9.85. The Morgan fingerprint density at radius 3 is 2.95 bits per heavy atom. The van der Waals surface area contributed by atoms with Crippen LogP contribution in [0.2, 0.25) is 0 Å². The van der Waals surface area contributed by atoms with Gasteiger partial charge in [0.1, 0.15) is 5.54 Å². The number of aliphatic carboxylic acids is 1. The molecule has 3 rings (SSSR count). The standard InChI is InChI=1S/C14H24N2O3/c17-13(18)14(15-10-11-4-3-9-19-11)6-8-16-7-2-1-5-12(14)16/h11-12,15H,1-10H2,(H,17,18). The maximum Gasteiger partial charge on any atom is 0.325 e. The first kappa shape index (κ1) is 13.3. The Kier molecular flexibility index (Phi) is 3.78. The molecule has 0 radical (unpaired) electrons. The topological polar surface area (TPSA) is 61.8 Å². The van der Waals surface area contributed by atoms with E-state index >= 15 is 0 Å². The van der Waals surface area contributed by atoms with Gasteiger partial charge in [-0.1, -0.05) is 6.42 Å². The highest BCUT2D eigenvalue weighted by Gasteiger charge is 2.53. The SMILES string of the molecule is O=C(O)C1(NCC2CCCO2)CCN2CCCCC21. The Bertz CT molecular complexity index is 344. The average molecular weight is 268 g/mol. The van der Waals surface area contributed by atoms with Crippen LogP contribution in [0.3, 0.4) is 0 Å². The van der Waals surface area contributed by atoms with E-state index in [0.717, 1.165) is 51.8 Å². The molecule has 3 aliphatic rings. The van der Waals surface area contributed by atoms with Gasteiger partial charge in [0.05, 0.1) is 6.10 Å². The summed E-state index contributed by atoms with van der Waals surface area (Å²) in [6.07, 6.45) is 6.44. The van der Waals surface area contributed by atoms with Crippen molar-refractivity contribution < 1.29 is 14.6 Å². The largest absolute Gasteiger partial charge is 0.480 e. The molecule has 0 aliphatic carbocycles. The number of nitrogens with one attached hydrogen (secondary N) is 1. The van der Waals surface area contributed by atoms with E-state index in [4.69, 9.17) is 4.74 Å². The highest BCUT2D eigenvalue weighted by molar-refractivity contribution is 5.80. The van der Waals surface area contributed by atoms with Crippen molar-refractivity contribution in [3.63, 3.8) is 0 Å². The van der Waals surface area contributed by atoms with E-state index in [0.29, 0.717) is 6.54 Å². The highest BCUT2D eigenvalue weighted by atomic mass is 16.5. The molecule has 5 nitrogen and oxygen atoms in total. The Balaban J connectivity index is 1.69. The summed E-state index contributed by atoms with van der Waals surface area (Å²) in [4.78, 5) is 14.2. The van der Waals surface area contributed by atoms with Crippen LogP contribution in [0.15, 0.2) is 0 Å². The highest BCUT2D eigenvalue weighted by Crippen LogP contribution is 2.35. The minimum atomic E-state index is -0.744. The molecule has 3 fully saturated rings. The van der Waals surface area contributed by atoms with E-state index < -0.39 is 11.5 Å². The van der Waals surface area contributed by atoms with Crippen molar-refractivity contribution >= 4 is 5.97 Å². The summed E-state index contributed by atoms with van der Waals surface area (Å²) in [5, 5.41) is 13.1. The van der Waals surface area contributed by atoms with E-state index in [-0.39, 0.29) is 12.1 Å². The number of rotatable bonds is 4. The number of fused-ring (bicyclic) bond motifs is 1. The quantitative estimate of drug-likeness (QED) is 0.791. The van der Waals surface area contributed by atoms with E-state index in [1.54, 1.807) is 0 Å². The number of hydrogen-bond acceptors (Lipinski definition) is 4. The molecular weight excluding hydrogens is 244 g/mol. The van der Waals surface area contributed by atoms with Crippen LogP contribution in [-0.2, 0) is 9.53 Å². The predicted octanol–water partition coefficient (Wildman–Crippen LogP) is 0.837. The fraction of sp³-hybridized carbons (Fsp3) is 0.929. The van der Waals surface area contributed by atoms with E-state index in [1.807, 2.05) is 0 Å². The lowest BCUT2D eigenvalue weighted by molar-refractivity contribution is -0.146. The second-order valence-electron chi connectivity index (χ2n) is 6.09. The minimum absolute atomic E-state index is 0.167. The first-order valence-corrected chi connectivity index (χ1v) is 7.56. The van der Waals surface area contributed by atoms with Gasteiger partial charge in [0.2, 0.25) is 0 Å². The summed E-state index contributed by atoms with van der Waals surface area (Å²) in [5.74, 6) is -0.681. The Morgan fingerprint density at radius 2 is 2.21 bits per heavy atom. The van der Waals surface area contributed by atoms with Gasteiger partial charge in [-0.25, -0.2) is 0 Å². The lowest BCUT2D eigenvalue weighted by Crippen LogP contribution is -2.62. The summed E-state index contributed by atoms with van der Waals surface area (Å²) >= 11 is 0. The van der Waals surface area contributed by atoms with E-state index in [2.05, 4.69) is 10.2 Å². The van der Waals surface area contributed by atoms with Crippen molar-refractivity contribution in [2.45, 2.75) is 56.2 Å². The van der Waals surface area contributed by atoms with Gasteiger partial charge < -0.3 is 9.84 Å². The summed E-state index contributed by atoms with van der Waals surface area (Å²) in [6.45, 7) is 3.47. The minimum Gasteiger partial charge on any atom is -0.480 e. The summed E-state index contributed by atoms with van der Waals surface area (Å²) in [5.41, 5.74) is -0.744. The predicted molar refractivity (Wildman–Crippen MR) is 71.2 cm³/mol. The zero-order chi connectivity index (χ0) is 13.3. The van der Waals surface area contributed by atoms with Gasteiger partial charge in [-0.15, -0.1) is 0 Å². The van der Waals surface area contributed by atoms with Gasteiger partial charge in [-0.3, -0.25) is 15.0 Å². The molecule has 0 amide bonds. The summed E-state index contributed by atoms with van der Waals surface area (Å²) in [7, 11) is 0. The second-order valence-corrected chi connectivity index (χ2v) is 6.09. The molecule has 0 bridgehead atoms. The van der Waals surface area contributed by atoms with Gasteiger partial charge in [0.25, 0.3) is 0 Å². The Labute approximate surface area is 114 Å². The normalized spacial score (nSPS) is 39.4. The van der Waals surface area contributed by atoms with E-state index in [1.165, 1.54) is 6.42 Å². The van der Waals surface area contributed by atoms with Gasteiger partial charge in [-0.05, 0) is 38.6 Å². The first-order valence-electron chi connectivity index (χ1n) is 7.56. The van der Waals surface area contributed by atoms with Crippen LogP contribution in [0.25, 0.3) is 0 Å². The summed E-state index contributed by atoms with van der Waals surface area (Å²) in [6, 6.07) is 0.167. The number of hydrogen-bond donors (Lipinski definition) is 2. The van der Waals surface area contributed by atoms with Crippen LogP contribution < -0.4 is 5.32 Å². The van der Waals surface area contributed by atoms with Gasteiger partial charge in [0.15, 0.2) is 0 Å². The molecule has 3 unspecified atom stereocenters. The van der Waals surface area contributed by atoms with Crippen molar-refractivity contribution in [3.05, 3.63) is 0 Å². The molecule has 3 atom stereocenters. The van der Waals surface area contributed by atoms with Gasteiger partial charge >= 0.3 is 5.97 Å². The molecule has 19 heavy (non-hydrogen) atoms. The Hall–Kier alpha value is -0.650. The van der Waals surface area contributed by atoms with Crippen LogP contribution in [0.1, 0.15) is 38.5 Å². The monoisotopic (exact) mass is 268 g/mol. The van der Waals surface area contributed by atoms with Crippen molar-refractivity contribution in [2.75, 3.05) is 26.2 Å². The number of carboxylic acid groups (broad SMARTS) is 1. The molecule has 0 aromatic carbocycles. The lowest BCUT2D eigenvalue weighted by Gasteiger charge is -2.39. The maximum absolute atomic E-state index is 11.9. The molecule has 0 spiro atoms. The van der Waals surface area contributed by atoms with Crippen LogP contribution in [0.4, 0.5) is 0 Å². The zero-order valence-electron chi connectivity index (χ0n) is 11.4. The number of nitrogens with zero attached hydrogens (tertiary/aromatic N) is 1. The van der Waals surface area contributed by atoms with Crippen molar-refractivity contribution in [1.82, 2.24) is 10.2 Å². The molecule has 2 N–H and O–H groups in total. The van der Waals surface area contributed by atoms with Gasteiger partial charge in [-0.2, -0.15) is 0 Å². The number of piperidine rings is 1. The summed E-state index contributed by atoms with van der Waals surface area (Å²) < 4.78 is 5.60. The fourth-order valence-corrected chi connectivity index (χ4v) is 3.94. The molecular formula is C14H24N2O3. The molecule has 108 valence electrons. The van der Waals surface area contributed by atoms with Crippen LogP contribution in [0, 0.1) is 0 Å². The number of carboxylic acids is 1. The van der Waals surface area contributed by atoms with Crippen molar-refractivity contribution in [1.29, 1.82) is 0 Å². The van der Waals surface area contributed by atoms with Crippen LogP contribution in [-0.4, -0.2) is 59.9 Å². The van der Waals surface area contributed by atoms with Crippen molar-refractivity contribution in [3.8, 4) is 0 Å². The molecule has 0 aromatic rings.